The molecular formula is C21H28F2O2. The van der Waals surface area contributed by atoms with Crippen LogP contribution in [-0.4, -0.2) is 12.2 Å². The molecule has 0 heterocycles. The van der Waals surface area contributed by atoms with Crippen LogP contribution in [0, 0.1) is 29.4 Å². The molecule has 138 valence electrons. The largest absolute Gasteiger partial charge is 0.505 e. The lowest BCUT2D eigenvalue weighted by molar-refractivity contribution is 0.170. The zero-order chi connectivity index (χ0) is 18.0. The van der Waals surface area contributed by atoms with Gasteiger partial charge in [0, 0.05) is 11.6 Å². The van der Waals surface area contributed by atoms with Crippen molar-refractivity contribution in [1.82, 2.24) is 0 Å². The second-order valence-corrected chi connectivity index (χ2v) is 7.66. The quantitative estimate of drug-likeness (QED) is 0.680. The molecule has 1 aromatic rings. The maximum absolute atomic E-state index is 14.4. The van der Waals surface area contributed by atoms with E-state index in [-0.39, 0.29) is 11.7 Å². The first-order valence-electron chi connectivity index (χ1n) is 9.42. The van der Waals surface area contributed by atoms with Crippen molar-refractivity contribution < 1.29 is 18.6 Å². The highest BCUT2D eigenvalue weighted by molar-refractivity contribution is 5.44. The standard InChI is InChI=1S/C21H28F2O2/c1-3-13-4-6-14(7-5-13)15-8-10-16(11-9-15)19-18(25-2)12-17(24)20(22)21(19)23/h3,12-16,24H,1,4-11H2,2H3/t13-,14-,15-,16-. The topological polar surface area (TPSA) is 29.5 Å². The molecule has 2 aliphatic carbocycles. The van der Waals surface area contributed by atoms with Gasteiger partial charge in [-0.25, -0.2) is 4.39 Å². The van der Waals surface area contributed by atoms with Crippen LogP contribution in [0.5, 0.6) is 11.5 Å². The average molecular weight is 350 g/mol. The summed E-state index contributed by atoms with van der Waals surface area (Å²) in [6.45, 7) is 3.91. The van der Waals surface area contributed by atoms with Gasteiger partial charge >= 0.3 is 0 Å². The Morgan fingerprint density at radius 2 is 1.56 bits per heavy atom. The monoisotopic (exact) mass is 350 g/mol. The predicted molar refractivity (Wildman–Crippen MR) is 94.9 cm³/mol. The average Bonchev–Trinajstić information content (AvgIpc) is 2.66. The molecule has 0 atom stereocenters. The summed E-state index contributed by atoms with van der Waals surface area (Å²) in [6, 6.07) is 1.19. The number of phenolic OH excluding ortho intramolecular Hbond substituents is 1. The van der Waals surface area contributed by atoms with E-state index in [2.05, 4.69) is 12.7 Å². The van der Waals surface area contributed by atoms with Crippen molar-refractivity contribution in [2.45, 2.75) is 57.3 Å². The van der Waals surface area contributed by atoms with Gasteiger partial charge in [0.05, 0.1) is 7.11 Å². The van der Waals surface area contributed by atoms with Crippen molar-refractivity contribution in [3.8, 4) is 11.5 Å². The molecule has 3 rings (SSSR count). The number of hydrogen-bond donors (Lipinski definition) is 1. The van der Waals surface area contributed by atoms with Crippen molar-refractivity contribution in [1.29, 1.82) is 0 Å². The lowest BCUT2D eigenvalue weighted by Crippen LogP contribution is -2.25. The molecule has 0 bridgehead atoms. The molecule has 1 N–H and O–H groups in total. The Morgan fingerprint density at radius 3 is 2.08 bits per heavy atom. The fraction of sp³-hybridized carbons (Fsp3) is 0.619. The molecule has 4 heteroatoms. The van der Waals surface area contributed by atoms with Gasteiger partial charge in [-0.15, -0.1) is 6.58 Å². The second-order valence-electron chi connectivity index (χ2n) is 7.66. The van der Waals surface area contributed by atoms with Crippen LogP contribution >= 0.6 is 0 Å². The van der Waals surface area contributed by atoms with Crippen LogP contribution in [0.15, 0.2) is 18.7 Å². The molecule has 0 aromatic heterocycles. The van der Waals surface area contributed by atoms with Crippen LogP contribution in [0.3, 0.4) is 0 Å². The lowest BCUT2D eigenvalue weighted by Gasteiger charge is -2.37. The van der Waals surface area contributed by atoms with Crippen LogP contribution < -0.4 is 4.74 Å². The number of rotatable bonds is 4. The van der Waals surface area contributed by atoms with Gasteiger partial charge in [0.15, 0.2) is 11.6 Å². The van der Waals surface area contributed by atoms with Crippen LogP contribution in [0.25, 0.3) is 0 Å². The maximum atomic E-state index is 14.4. The summed E-state index contributed by atoms with van der Waals surface area (Å²) >= 11 is 0. The zero-order valence-corrected chi connectivity index (χ0v) is 14.9. The minimum atomic E-state index is -1.17. The maximum Gasteiger partial charge on any atom is 0.200 e. The van der Waals surface area contributed by atoms with E-state index >= 15 is 0 Å². The summed E-state index contributed by atoms with van der Waals surface area (Å²) in [5.74, 6) is -0.459. The molecule has 0 amide bonds. The van der Waals surface area contributed by atoms with Crippen molar-refractivity contribution in [3.63, 3.8) is 0 Å². The van der Waals surface area contributed by atoms with E-state index in [1.54, 1.807) is 0 Å². The number of halogens is 2. The van der Waals surface area contributed by atoms with Crippen molar-refractivity contribution >= 4 is 0 Å². The van der Waals surface area contributed by atoms with E-state index in [0.29, 0.717) is 17.4 Å². The second kappa shape index (κ2) is 7.76. The third-order valence-corrected chi connectivity index (χ3v) is 6.40. The molecule has 1 aromatic carbocycles. The van der Waals surface area contributed by atoms with E-state index in [4.69, 9.17) is 4.74 Å². The number of phenols is 1. The number of allylic oxidation sites excluding steroid dienone is 1. The van der Waals surface area contributed by atoms with Crippen LogP contribution in [0.2, 0.25) is 0 Å². The molecule has 25 heavy (non-hydrogen) atoms. The van der Waals surface area contributed by atoms with Gasteiger partial charge in [-0.2, -0.15) is 4.39 Å². The van der Waals surface area contributed by atoms with E-state index in [1.165, 1.54) is 38.9 Å². The normalized spacial score (nSPS) is 30.0. The Labute approximate surface area is 148 Å². The Balaban J connectivity index is 1.67. The molecule has 2 nitrogen and oxygen atoms in total. The highest BCUT2D eigenvalue weighted by Crippen LogP contribution is 2.47. The fourth-order valence-corrected chi connectivity index (χ4v) is 4.88. The molecular weight excluding hydrogens is 322 g/mol. The van der Waals surface area contributed by atoms with E-state index in [0.717, 1.165) is 31.6 Å². The Bertz CT molecular complexity index is 613. The van der Waals surface area contributed by atoms with Gasteiger partial charge in [0.2, 0.25) is 5.82 Å². The van der Waals surface area contributed by atoms with Crippen LogP contribution in [0.4, 0.5) is 8.78 Å². The number of benzene rings is 1. The van der Waals surface area contributed by atoms with Crippen LogP contribution in [0.1, 0.15) is 62.8 Å². The summed E-state index contributed by atoms with van der Waals surface area (Å²) in [5.41, 5.74) is 0.298. The van der Waals surface area contributed by atoms with E-state index < -0.39 is 17.4 Å². The van der Waals surface area contributed by atoms with Gasteiger partial charge in [0.25, 0.3) is 0 Å². The van der Waals surface area contributed by atoms with E-state index in [1.807, 2.05) is 0 Å². The molecule has 2 aliphatic rings. The Morgan fingerprint density at radius 1 is 1.00 bits per heavy atom. The number of methoxy groups -OCH3 is 1. The van der Waals surface area contributed by atoms with Gasteiger partial charge in [-0.1, -0.05) is 6.08 Å². The van der Waals surface area contributed by atoms with E-state index in [9.17, 15) is 13.9 Å². The highest BCUT2D eigenvalue weighted by atomic mass is 19.2. The number of hydrogen-bond acceptors (Lipinski definition) is 2. The zero-order valence-electron chi connectivity index (χ0n) is 14.9. The van der Waals surface area contributed by atoms with Gasteiger partial charge in [-0.05, 0) is 75.0 Å². The van der Waals surface area contributed by atoms with Gasteiger partial charge in [-0.3, -0.25) is 0 Å². The lowest BCUT2D eigenvalue weighted by atomic mass is 9.68. The molecule has 0 saturated heterocycles. The summed E-state index contributed by atoms with van der Waals surface area (Å²) in [5, 5.41) is 9.49. The Hall–Kier alpha value is -1.58. The third-order valence-electron chi connectivity index (χ3n) is 6.40. The summed E-state index contributed by atoms with van der Waals surface area (Å²) in [4.78, 5) is 0. The first-order chi connectivity index (χ1) is 12.0. The molecule has 0 radical (unpaired) electrons. The number of aromatic hydroxyl groups is 1. The van der Waals surface area contributed by atoms with Crippen molar-refractivity contribution in [2.75, 3.05) is 7.11 Å². The minimum absolute atomic E-state index is 0.0363. The number of ether oxygens (including phenoxy) is 1. The predicted octanol–water partition coefficient (Wildman–Crippen LogP) is 5.95. The highest BCUT2D eigenvalue weighted by Gasteiger charge is 2.33. The van der Waals surface area contributed by atoms with Gasteiger partial charge < -0.3 is 9.84 Å². The first kappa shape index (κ1) is 18.2. The SMILES string of the molecule is C=C[C@H]1CC[C@H]([C@H]2CC[C@H](c3c(OC)cc(O)c(F)c3F)CC2)CC1. The molecule has 0 spiro atoms. The first-order valence-corrected chi connectivity index (χ1v) is 9.42. The van der Waals surface area contributed by atoms with Crippen molar-refractivity contribution in [2.24, 2.45) is 17.8 Å². The van der Waals surface area contributed by atoms with Crippen molar-refractivity contribution in [3.05, 3.63) is 35.9 Å². The smallest absolute Gasteiger partial charge is 0.200 e. The molecule has 0 unspecified atom stereocenters. The third kappa shape index (κ3) is 3.68. The summed E-state index contributed by atoms with van der Waals surface area (Å²) in [6.07, 6.45) is 10.9. The van der Waals surface area contributed by atoms with Gasteiger partial charge in [0.1, 0.15) is 5.75 Å². The summed E-state index contributed by atoms with van der Waals surface area (Å²) < 4.78 is 33.4. The summed E-state index contributed by atoms with van der Waals surface area (Å²) in [7, 11) is 1.43. The Kier molecular flexibility index (Phi) is 5.65. The molecule has 2 saturated carbocycles. The molecule has 2 fully saturated rings. The van der Waals surface area contributed by atoms with Crippen LogP contribution in [-0.2, 0) is 0 Å². The molecule has 0 aliphatic heterocycles. The minimum Gasteiger partial charge on any atom is -0.505 e. The fourth-order valence-electron chi connectivity index (χ4n) is 4.88.